The second-order valence-electron chi connectivity index (χ2n) is 6.29. The van der Waals surface area contributed by atoms with Crippen molar-refractivity contribution < 1.29 is 28.7 Å². The van der Waals surface area contributed by atoms with Crippen molar-refractivity contribution in [2.45, 2.75) is 13.8 Å². The Morgan fingerprint density at radius 3 is 2.47 bits per heavy atom. The lowest BCUT2D eigenvalue weighted by Gasteiger charge is -2.11. The largest absolute Gasteiger partial charge is 0.490 e. The first-order valence-corrected chi connectivity index (χ1v) is 9.99. The molecular weight excluding hydrogens is 406 g/mol. The number of nitrogens with zero attached hydrogens (tertiary/aromatic N) is 1. The molecule has 1 aliphatic rings. The number of Topliss-reactive ketones (excluding diaryl/α,β-unsaturated/α-hetero) is 1. The van der Waals surface area contributed by atoms with Crippen molar-refractivity contribution in [3.05, 3.63) is 64.6 Å². The van der Waals surface area contributed by atoms with Crippen LogP contribution in [0.15, 0.2) is 53.4 Å². The molecule has 1 heterocycles. The first kappa shape index (κ1) is 21.3. The molecular formula is C22H19NO6S. The molecule has 0 spiro atoms. The van der Waals surface area contributed by atoms with E-state index < -0.39 is 17.1 Å². The highest BCUT2D eigenvalue weighted by molar-refractivity contribution is 8.18. The van der Waals surface area contributed by atoms with Gasteiger partial charge in [0.05, 0.1) is 18.1 Å². The van der Waals surface area contributed by atoms with Gasteiger partial charge in [0.25, 0.3) is 11.1 Å². The van der Waals surface area contributed by atoms with Crippen LogP contribution in [0.1, 0.15) is 29.8 Å². The fourth-order valence-corrected chi connectivity index (χ4v) is 3.61. The molecule has 154 valence electrons. The molecule has 8 heteroatoms. The Bertz CT molecular complexity index is 1030. The maximum absolute atomic E-state index is 12.7. The Balaban J connectivity index is 1.80. The fraction of sp³-hybridized carbons (Fsp3) is 0.182. The van der Waals surface area contributed by atoms with Gasteiger partial charge in [0.1, 0.15) is 0 Å². The van der Waals surface area contributed by atoms with E-state index in [1.54, 1.807) is 55.5 Å². The number of rotatable bonds is 7. The Hall–Kier alpha value is -3.39. The van der Waals surface area contributed by atoms with Gasteiger partial charge >= 0.3 is 5.97 Å². The standard InChI is InChI=1S/C22H19NO6S/c1-3-28-19-11-15(9-10-18(19)29-14(2)24)12-20-21(26)23(22(27)30-20)13-17(25)16-7-5-4-6-8-16/h4-12H,3,13H2,1-2H3/b20-12+. The zero-order chi connectivity index (χ0) is 21.7. The zero-order valence-electron chi connectivity index (χ0n) is 16.4. The highest BCUT2D eigenvalue weighted by Gasteiger charge is 2.36. The van der Waals surface area contributed by atoms with Crippen molar-refractivity contribution in [2.75, 3.05) is 13.2 Å². The van der Waals surface area contributed by atoms with Crippen molar-refractivity contribution in [1.29, 1.82) is 0 Å². The van der Waals surface area contributed by atoms with Gasteiger partial charge in [0.2, 0.25) is 0 Å². The lowest BCUT2D eigenvalue weighted by molar-refractivity contribution is -0.132. The number of carbonyl (C=O) groups is 4. The molecule has 3 rings (SSSR count). The normalized spacial score (nSPS) is 14.9. The lowest BCUT2D eigenvalue weighted by Crippen LogP contribution is -2.33. The summed E-state index contributed by atoms with van der Waals surface area (Å²) in [5.74, 6) is -0.712. The monoisotopic (exact) mass is 425 g/mol. The summed E-state index contributed by atoms with van der Waals surface area (Å²) >= 11 is 0.768. The van der Waals surface area contributed by atoms with Crippen LogP contribution < -0.4 is 9.47 Å². The first-order chi connectivity index (χ1) is 14.4. The number of hydrogen-bond donors (Lipinski definition) is 0. The summed E-state index contributed by atoms with van der Waals surface area (Å²) in [6.07, 6.45) is 1.54. The quantitative estimate of drug-likeness (QED) is 0.287. The molecule has 30 heavy (non-hydrogen) atoms. The number of benzene rings is 2. The topological polar surface area (TPSA) is 90.0 Å². The van der Waals surface area contributed by atoms with Crippen molar-refractivity contribution in [1.82, 2.24) is 4.90 Å². The van der Waals surface area contributed by atoms with Crippen LogP contribution >= 0.6 is 11.8 Å². The summed E-state index contributed by atoms with van der Waals surface area (Å²) in [7, 11) is 0. The van der Waals surface area contributed by atoms with Crippen LogP contribution in [-0.4, -0.2) is 41.0 Å². The summed E-state index contributed by atoms with van der Waals surface area (Å²) < 4.78 is 10.6. The summed E-state index contributed by atoms with van der Waals surface area (Å²) in [6, 6.07) is 13.3. The molecule has 2 aromatic carbocycles. The molecule has 7 nitrogen and oxygen atoms in total. The van der Waals surface area contributed by atoms with E-state index in [-0.39, 0.29) is 23.0 Å². The van der Waals surface area contributed by atoms with E-state index in [0.29, 0.717) is 23.5 Å². The van der Waals surface area contributed by atoms with Crippen LogP contribution in [0.25, 0.3) is 6.08 Å². The molecule has 0 aliphatic carbocycles. The lowest BCUT2D eigenvalue weighted by atomic mass is 10.1. The van der Waals surface area contributed by atoms with Crippen LogP contribution in [0.3, 0.4) is 0 Å². The van der Waals surface area contributed by atoms with E-state index >= 15 is 0 Å². The Morgan fingerprint density at radius 2 is 1.80 bits per heavy atom. The molecule has 0 unspecified atom stereocenters. The van der Waals surface area contributed by atoms with Gasteiger partial charge in [-0.05, 0) is 42.5 Å². The van der Waals surface area contributed by atoms with Gasteiger partial charge in [-0.1, -0.05) is 36.4 Å². The van der Waals surface area contributed by atoms with Crippen LogP contribution in [-0.2, 0) is 9.59 Å². The molecule has 0 aromatic heterocycles. The van der Waals surface area contributed by atoms with E-state index in [2.05, 4.69) is 0 Å². The zero-order valence-corrected chi connectivity index (χ0v) is 17.2. The maximum Gasteiger partial charge on any atom is 0.308 e. The number of thioether (sulfide) groups is 1. The van der Waals surface area contributed by atoms with E-state index in [1.165, 1.54) is 13.0 Å². The summed E-state index contributed by atoms with van der Waals surface area (Å²) in [5, 5.41) is -0.503. The van der Waals surface area contributed by atoms with E-state index in [4.69, 9.17) is 9.47 Å². The van der Waals surface area contributed by atoms with Crippen molar-refractivity contribution in [3.63, 3.8) is 0 Å². The Kier molecular flexibility index (Phi) is 6.68. The van der Waals surface area contributed by atoms with Gasteiger partial charge in [-0.2, -0.15) is 0 Å². The van der Waals surface area contributed by atoms with Gasteiger partial charge in [-0.25, -0.2) is 0 Å². The van der Waals surface area contributed by atoms with Gasteiger partial charge < -0.3 is 9.47 Å². The molecule has 1 saturated heterocycles. The van der Waals surface area contributed by atoms with Crippen molar-refractivity contribution >= 4 is 40.7 Å². The molecule has 2 amide bonds. The molecule has 0 radical (unpaired) electrons. The molecule has 0 atom stereocenters. The number of imide groups is 1. The summed E-state index contributed by atoms with van der Waals surface area (Å²) in [5.41, 5.74) is 1.03. The van der Waals surface area contributed by atoms with Gasteiger partial charge in [-0.3, -0.25) is 24.1 Å². The number of amides is 2. The first-order valence-electron chi connectivity index (χ1n) is 9.18. The van der Waals surface area contributed by atoms with Crippen LogP contribution in [0.4, 0.5) is 4.79 Å². The van der Waals surface area contributed by atoms with Gasteiger partial charge in [0, 0.05) is 12.5 Å². The third-order valence-electron chi connectivity index (χ3n) is 4.09. The highest BCUT2D eigenvalue weighted by Crippen LogP contribution is 2.34. The third kappa shape index (κ3) is 4.96. The summed E-state index contributed by atoms with van der Waals surface area (Å²) in [4.78, 5) is 49.7. The molecule has 1 fully saturated rings. The number of ether oxygens (including phenoxy) is 2. The van der Waals surface area contributed by atoms with Crippen LogP contribution in [0.2, 0.25) is 0 Å². The number of esters is 1. The Morgan fingerprint density at radius 1 is 1.07 bits per heavy atom. The molecule has 0 N–H and O–H groups in total. The van der Waals surface area contributed by atoms with Crippen LogP contribution in [0, 0.1) is 0 Å². The SMILES string of the molecule is CCOc1cc(/C=C2/SC(=O)N(CC(=O)c3ccccc3)C2=O)ccc1OC(C)=O. The second kappa shape index (κ2) is 9.41. The average Bonchev–Trinajstić information content (AvgIpc) is 2.98. The minimum atomic E-state index is -0.531. The molecule has 1 aliphatic heterocycles. The van der Waals surface area contributed by atoms with E-state index in [9.17, 15) is 19.2 Å². The predicted octanol–water partition coefficient (Wildman–Crippen LogP) is 3.93. The average molecular weight is 425 g/mol. The van der Waals surface area contributed by atoms with Gasteiger partial charge in [0.15, 0.2) is 17.3 Å². The number of carbonyl (C=O) groups excluding carboxylic acids is 4. The van der Waals surface area contributed by atoms with E-state index in [0.717, 1.165) is 16.7 Å². The number of ketones is 1. The minimum absolute atomic E-state index is 0.198. The van der Waals surface area contributed by atoms with Crippen molar-refractivity contribution in [3.8, 4) is 11.5 Å². The second-order valence-corrected chi connectivity index (χ2v) is 7.28. The predicted molar refractivity (Wildman–Crippen MR) is 112 cm³/mol. The van der Waals surface area contributed by atoms with Crippen molar-refractivity contribution in [2.24, 2.45) is 0 Å². The summed E-state index contributed by atoms with van der Waals surface area (Å²) in [6.45, 7) is 3.12. The molecule has 2 aromatic rings. The third-order valence-corrected chi connectivity index (χ3v) is 5.00. The highest BCUT2D eigenvalue weighted by atomic mass is 32.2. The molecule has 0 saturated carbocycles. The molecule has 0 bridgehead atoms. The smallest absolute Gasteiger partial charge is 0.308 e. The minimum Gasteiger partial charge on any atom is -0.490 e. The van der Waals surface area contributed by atoms with E-state index in [1.807, 2.05) is 0 Å². The fourth-order valence-electron chi connectivity index (χ4n) is 2.77. The van der Waals surface area contributed by atoms with Crippen LogP contribution in [0.5, 0.6) is 11.5 Å². The maximum atomic E-state index is 12.7. The van der Waals surface area contributed by atoms with Gasteiger partial charge in [-0.15, -0.1) is 0 Å². The number of hydrogen-bond acceptors (Lipinski definition) is 7. The Labute approximate surface area is 177 Å².